The van der Waals surface area contributed by atoms with Gasteiger partial charge in [-0.3, -0.25) is 0 Å². The Bertz CT molecular complexity index is 449. The maximum Gasteiger partial charge on any atom is 0.137 e. The molecule has 0 aromatic heterocycles. The molecule has 1 aliphatic rings. The third-order valence-corrected chi connectivity index (χ3v) is 4.60. The first-order valence-corrected chi connectivity index (χ1v) is 8.20. The lowest BCUT2D eigenvalue weighted by atomic mass is 10.0. The van der Waals surface area contributed by atoms with Crippen LogP contribution in [-0.2, 0) is 0 Å². The zero-order valence-electron chi connectivity index (χ0n) is 13.9. The summed E-state index contributed by atoms with van der Waals surface area (Å²) >= 11 is 0. The highest BCUT2D eigenvalue weighted by Gasteiger charge is 2.24. The molecule has 118 valence electrons. The topological polar surface area (TPSA) is 33.9 Å². The summed E-state index contributed by atoms with van der Waals surface area (Å²) in [5.41, 5.74) is 3.56. The quantitative estimate of drug-likeness (QED) is 0.868. The van der Waals surface area contributed by atoms with Gasteiger partial charge < -0.3 is 14.7 Å². The third-order valence-electron chi connectivity index (χ3n) is 4.60. The Morgan fingerprint density at radius 2 is 1.90 bits per heavy atom. The molecule has 2 N–H and O–H groups in total. The van der Waals surface area contributed by atoms with E-state index >= 15 is 0 Å². The summed E-state index contributed by atoms with van der Waals surface area (Å²) in [6, 6.07) is 4.93. The van der Waals surface area contributed by atoms with Gasteiger partial charge in [0.1, 0.15) is 25.0 Å². The molecule has 1 aromatic rings. The van der Waals surface area contributed by atoms with Gasteiger partial charge >= 0.3 is 0 Å². The predicted molar refractivity (Wildman–Crippen MR) is 86.2 cm³/mol. The van der Waals surface area contributed by atoms with Crippen LogP contribution >= 0.6 is 0 Å². The van der Waals surface area contributed by atoms with E-state index in [1.54, 1.807) is 0 Å². The average Bonchev–Trinajstić information content (AvgIpc) is 2.40. The van der Waals surface area contributed by atoms with E-state index in [4.69, 9.17) is 4.74 Å². The fourth-order valence-electron chi connectivity index (χ4n) is 3.49. The number of piperidine rings is 1. The van der Waals surface area contributed by atoms with Crippen LogP contribution < -0.4 is 9.64 Å². The summed E-state index contributed by atoms with van der Waals surface area (Å²) < 4.78 is 5.90. The number of hydrogen-bond acceptors (Lipinski definition) is 2. The molecule has 2 rings (SSSR count). The maximum atomic E-state index is 10.3. The zero-order chi connectivity index (χ0) is 15.4. The summed E-state index contributed by atoms with van der Waals surface area (Å²) in [6.45, 7) is 10.9. The number of aliphatic hydroxyl groups excluding tert-OH is 1. The van der Waals surface area contributed by atoms with Crippen molar-refractivity contribution in [3.63, 3.8) is 0 Å². The first kappa shape index (κ1) is 16.3. The van der Waals surface area contributed by atoms with E-state index in [-0.39, 0.29) is 6.10 Å². The third kappa shape index (κ3) is 4.45. The van der Waals surface area contributed by atoms with E-state index in [9.17, 15) is 5.11 Å². The van der Waals surface area contributed by atoms with Gasteiger partial charge in [-0.2, -0.15) is 0 Å². The highest BCUT2D eigenvalue weighted by Crippen LogP contribution is 2.24. The Balaban J connectivity index is 1.88. The molecule has 3 nitrogen and oxygen atoms in total. The SMILES string of the molecule is Cc1cc(C)c(OC[C@@H](O)C[NH+]2CCCC[C@@H]2C)c(C)c1. The van der Waals surface area contributed by atoms with E-state index in [2.05, 4.69) is 39.8 Å². The first-order chi connectivity index (χ1) is 9.97. The van der Waals surface area contributed by atoms with E-state index in [1.165, 1.54) is 36.3 Å². The summed E-state index contributed by atoms with van der Waals surface area (Å²) in [5, 5.41) is 10.3. The molecule has 1 fully saturated rings. The van der Waals surface area contributed by atoms with Crippen LogP contribution in [0.3, 0.4) is 0 Å². The van der Waals surface area contributed by atoms with Crippen molar-refractivity contribution in [1.82, 2.24) is 0 Å². The molecule has 3 atom stereocenters. The van der Waals surface area contributed by atoms with Gasteiger partial charge in [0.05, 0.1) is 12.6 Å². The number of quaternary nitrogens is 1. The Labute approximate surface area is 128 Å². The van der Waals surface area contributed by atoms with Crippen LogP contribution in [0, 0.1) is 20.8 Å². The van der Waals surface area contributed by atoms with Gasteiger partial charge in [-0.1, -0.05) is 17.7 Å². The maximum absolute atomic E-state index is 10.3. The second-order valence-electron chi connectivity index (χ2n) is 6.70. The normalized spacial score (nSPS) is 23.9. The van der Waals surface area contributed by atoms with Crippen LogP contribution in [0.4, 0.5) is 0 Å². The number of benzene rings is 1. The predicted octanol–water partition coefficient (Wildman–Crippen LogP) is 1.81. The van der Waals surface area contributed by atoms with E-state index in [0.717, 1.165) is 23.4 Å². The lowest BCUT2D eigenvalue weighted by Crippen LogP contribution is -3.17. The molecule has 3 heteroatoms. The van der Waals surface area contributed by atoms with Gasteiger partial charge in [0.2, 0.25) is 0 Å². The molecule has 21 heavy (non-hydrogen) atoms. The van der Waals surface area contributed by atoms with Crippen molar-refractivity contribution in [3.05, 3.63) is 28.8 Å². The second kappa shape index (κ2) is 7.28. The number of rotatable bonds is 5. The number of aryl methyl sites for hydroxylation is 3. The van der Waals surface area contributed by atoms with Gasteiger partial charge in [0, 0.05) is 0 Å². The monoisotopic (exact) mass is 292 g/mol. The molecule has 0 bridgehead atoms. The Morgan fingerprint density at radius 3 is 2.52 bits per heavy atom. The summed E-state index contributed by atoms with van der Waals surface area (Å²) in [4.78, 5) is 1.52. The molecule has 0 amide bonds. The highest BCUT2D eigenvalue weighted by molar-refractivity contribution is 5.42. The van der Waals surface area contributed by atoms with Gasteiger partial charge in [-0.15, -0.1) is 0 Å². The Hall–Kier alpha value is -1.06. The molecule has 1 aliphatic heterocycles. The molecule has 1 saturated heterocycles. The molecule has 0 aliphatic carbocycles. The smallest absolute Gasteiger partial charge is 0.137 e. The lowest BCUT2D eigenvalue weighted by Gasteiger charge is -2.31. The van der Waals surface area contributed by atoms with Crippen LogP contribution in [0.5, 0.6) is 5.75 Å². The van der Waals surface area contributed by atoms with Crippen LogP contribution in [0.25, 0.3) is 0 Å². The lowest BCUT2D eigenvalue weighted by molar-refractivity contribution is -0.931. The number of likely N-dealkylation sites (tertiary alicyclic amines) is 1. The number of aliphatic hydroxyl groups is 1. The van der Waals surface area contributed by atoms with Crippen molar-refractivity contribution in [2.45, 2.75) is 59.1 Å². The van der Waals surface area contributed by atoms with Gasteiger partial charge in [0.15, 0.2) is 0 Å². The van der Waals surface area contributed by atoms with Crippen molar-refractivity contribution >= 4 is 0 Å². The van der Waals surface area contributed by atoms with Gasteiger partial charge in [-0.25, -0.2) is 0 Å². The van der Waals surface area contributed by atoms with Crippen molar-refractivity contribution in [3.8, 4) is 5.75 Å². The fraction of sp³-hybridized carbons (Fsp3) is 0.667. The number of hydrogen-bond donors (Lipinski definition) is 2. The van der Waals surface area contributed by atoms with E-state index in [0.29, 0.717) is 12.6 Å². The minimum absolute atomic E-state index is 0.388. The van der Waals surface area contributed by atoms with Crippen molar-refractivity contribution in [2.24, 2.45) is 0 Å². The van der Waals surface area contributed by atoms with Gasteiger partial charge in [-0.05, 0) is 58.1 Å². The van der Waals surface area contributed by atoms with Crippen LogP contribution in [0.15, 0.2) is 12.1 Å². The highest BCUT2D eigenvalue weighted by atomic mass is 16.5. The fourth-order valence-corrected chi connectivity index (χ4v) is 3.49. The van der Waals surface area contributed by atoms with E-state index < -0.39 is 0 Å². The summed E-state index contributed by atoms with van der Waals surface area (Å²) in [7, 11) is 0. The van der Waals surface area contributed by atoms with Crippen LogP contribution in [-0.4, -0.2) is 36.9 Å². The van der Waals surface area contributed by atoms with Crippen molar-refractivity contribution in [2.75, 3.05) is 19.7 Å². The molecular formula is C18H30NO2+. The van der Waals surface area contributed by atoms with Crippen molar-refractivity contribution < 1.29 is 14.7 Å². The average molecular weight is 292 g/mol. The zero-order valence-corrected chi connectivity index (χ0v) is 13.9. The van der Waals surface area contributed by atoms with Gasteiger partial charge in [0.25, 0.3) is 0 Å². The Morgan fingerprint density at radius 1 is 1.24 bits per heavy atom. The molecule has 1 heterocycles. The standard InChI is InChI=1S/C18H29NO2/c1-13-9-14(2)18(15(3)10-13)21-12-17(20)11-19-8-6-5-7-16(19)4/h9-10,16-17,20H,5-8,11-12H2,1-4H3/p+1/t16-,17-/m0/s1. The van der Waals surface area contributed by atoms with E-state index in [1.807, 2.05) is 0 Å². The summed E-state index contributed by atoms with van der Waals surface area (Å²) in [5.74, 6) is 0.932. The minimum Gasteiger partial charge on any atom is -0.490 e. The molecule has 0 saturated carbocycles. The Kier molecular flexibility index (Phi) is 5.65. The minimum atomic E-state index is -0.388. The first-order valence-electron chi connectivity index (χ1n) is 8.20. The second-order valence-corrected chi connectivity index (χ2v) is 6.70. The largest absolute Gasteiger partial charge is 0.490 e. The molecular weight excluding hydrogens is 262 g/mol. The van der Waals surface area contributed by atoms with Crippen molar-refractivity contribution in [1.29, 1.82) is 0 Å². The number of ether oxygens (including phenoxy) is 1. The van der Waals surface area contributed by atoms with Crippen LogP contribution in [0.2, 0.25) is 0 Å². The molecule has 1 unspecified atom stereocenters. The summed E-state index contributed by atoms with van der Waals surface area (Å²) in [6.07, 6.45) is 3.50. The molecule has 0 radical (unpaired) electrons. The number of nitrogens with one attached hydrogen (secondary N) is 1. The molecule has 0 spiro atoms. The molecule has 1 aromatic carbocycles. The van der Waals surface area contributed by atoms with Crippen LogP contribution in [0.1, 0.15) is 42.9 Å².